The summed E-state index contributed by atoms with van der Waals surface area (Å²) in [5.41, 5.74) is -0.0134. The summed E-state index contributed by atoms with van der Waals surface area (Å²) in [6.07, 6.45) is 5.16. The second-order valence-electron chi connectivity index (χ2n) is 3.35. The Morgan fingerprint density at radius 1 is 1.33 bits per heavy atom. The predicted octanol–water partition coefficient (Wildman–Crippen LogP) is -0.154. The molecule has 0 bridgehead atoms. The van der Waals surface area contributed by atoms with Crippen LogP contribution in [-0.4, -0.2) is 23.9 Å². The van der Waals surface area contributed by atoms with Gasteiger partial charge in [-0.2, -0.15) is 0 Å². The third kappa shape index (κ3) is 1.70. The second-order valence-corrected chi connectivity index (χ2v) is 3.35. The quantitative estimate of drug-likeness (QED) is 0.703. The largest absolute Gasteiger partial charge is 0.328 e. The van der Waals surface area contributed by atoms with Gasteiger partial charge in [-0.05, 0) is 6.92 Å². The highest BCUT2D eigenvalue weighted by atomic mass is 16.1. The first-order valence-corrected chi connectivity index (χ1v) is 4.81. The Balaban J connectivity index is 2.29. The van der Waals surface area contributed by atoms with Crippen molar-refractivity contribution in [1.29, 1.82) is 0 Å². The number of aryl methyl sites for hydroxylation is 2. The third-order valence-electron chi connectivity index (χ3n) is 2.38. The predicted molar refractivity (Wildman–Crippen MR) is 54.5 cm³/mol. The molecule has 6 heteroatoms. The van der Waals surface area contributed by atoms with Crippen molar-refractivity contribution in [1.82, 2.24) is 23.9 Å². The van der Waals surface area contributed by atoms with E-state index in [0.717, 1.165) is 5.82 Å². The molecule has 0 aliphatic rings. The summed E-state index contributed by atoms with van der Waals surface area (Å²) in [4.78, 5) is 11.7. The first-order valence-electron chi connectivity index (χ1n) is 4.81. The van der Waals surface area contributed by atoms with Gasteiger partial charge in [0.05, 0.1) is 6.54 Å². The Hall–Kier alpha value is -1.85. The van der Waals surface area contributed by atoms with Crippen LogP contribution in [0.25, 0.3) is 0 Å². The van der Waals surface area contributed by atoms with Gasteiger partial charge < -0.3 is 4.57 Å². The summed E-state index contributed by atoms with van der Waals surface area (Å²) in [7, 11) is 1.86. The summed E-state index contributed by atoms with van der Waals surface area (Å²) < 4.78 is 5.07. The van der Waals surface area contributed by atoms with Crippen LogP contribution in [0.3, 0.4) is 0 Å². The maximum Gasteiger partial charge on any atom is 0.328 e. The molecule has 15 heavy (non-hydrogen) atoms. The molecule has 80 valence electrons. The zero-order valence-electron chi connectivity index (χ0n) is 8.79. The topological polar surface area (TPSA) is 57.6 Å². The van der Waals surface area contributed by atoms with Crippen LogP contribution >= 0.6 is 0 Å². The molecular formula is C9H13N5O. The zero-order chi connectivity index (χ0) is 10.8. The Labute approximate surface area is 86.8 Å². The van der Waals surface area contributed by atoms with E-state index in [1.54, 1.807) is 32.4 Å². The summed E-state index contributed by atoms with van der Waals surface area (Å²) in [6, 6.07) is 0. The Kier molecular flexibility index (Phi) is 2.40. The van der Waals surface area contributed by atoms with E-state index >= 15 is 0 Å². The molecule has 0 spiro atoms. The monoisotopic (exact) mass is 207 g/mol. The van der Waals surface area contributed by atoms with Gasteiger partial charge in [-0.25, -0.2) is 4.79 Å². The van der Waals surface area contributed by atoms with Gasteiger partial charge in [0.1, 0.15) is 6.33 Å². The third-order valence-corrected chi connectivity index (χ3v) is 2.38. The van der Waals surface area contributed by atoms with Crippen LogP contribution in [0.2, 0.25) is 0 Å². The maximum absolute atomic E-state index is 11.7. The molecule has 0 radical (unpaired) electrons. The molecule has 0 saturated heterocycles. The molecule has 2 heterocycles. The van der Waals surface area contributed by atoms with Crippen LogP contribution in [0.5, 0.6) is 0 Å². The first kappa shape index (κ1) is 9.70. The highest BCUT2D eigenvalue weighted by Crippen LogP contribution is 1.95. The van der Waals surface area contributed by atoms with E-state index in [0.29, 0.717) is 13.1 Å². The Morgan fingerprint density at radius 3 is 2.60 bits per heavy atom. The SMILES string of the molecule is CCn1ccn(Cc2nncn2C)c1=O. The maximum atomic E-state index is 11.7. The molecule has 0 aromatic carbocycles. The molecule has 0 fully saturated rings. The Bertz CT molecular complexity index is 507. The smallest absolute Gasteiger partial charge is 0.319 e. The van der Waals surface area contributed by atoms with E-state index in [2.05, 4.69) is 10.2 Å². The zero-order valence-corrected chi connectivity index (χ0v) is 8.79. The minimum atomic E-state index is -0.0134. The molecule has 0 aliphatic carbocycles. The van der Waals surface area contributed by atoms with Gasteiger partial charge in [0.15, 0.2) is 5.82 Å². The molecule has 6 nitrogen and oxygen atoms in total. The van der Waals surface area contributed by atoms with Crippen molar-refractivity contribution in [3.8, 4) is 0 Å². The van der Waals surface area contributed by atoms with E-state index in [9.17, 15) is 4.79 Å². The fraction of sp³-hybridized carbons (Fsp3) is 0.444. The van der Waals surface area contributed by atoms with Gasteiger partial charge in [0, 0.05) is 26.0 Å². The molecular weight excluding hydrogens is 194 g/mol. The number of rotatable bonds is 3. The first-order chi connectivity index (χ1) is 7.22. The van der Waals surface area contributed by atoms with Gasteiger partial charge in [0.2, 0.25) is 0 Å². The molecule has 0 amide bonds. The average molecular weight is 207 g/mol. The van der Waals surface area contributed by atoms with Crippen molar-refractivity contribution in [2.45, 2.75) is 20.0 Å². The summed E-state index contributed by atoms with van der Waals surface area (Å²) in [5.74, 6) is 0.769. The lowest BCUT2D eigenvalue weighted by Crippen LogP contribution is -2.24. The summed E-state index contributed by atoms with van der Waals surface area (Å²) >= 11 is 0. The minimum absolute atomic E-state index is 0.0134. The standard InChI is InChI=1S/C9H13N5O/c1-3-13-4-5-14(9(13)15)6-8-11-10-7-12(8)2/h4-5,7H,3,6H2,1-2H3. The van der Waals surface area contributed by atoms with Gasteiger partial charge in [-0.1, -0.05) is 0 Å². The van der Waals surface area contributed by atoms with Crippen molar-refractivity contribution < 1.29 is 0 Å². The summed E-state index contributed by atoms with van der Waals surface area (Å²) in [5, 5.41) is 7.70. The normalized spacial score (nSPS) is 10.8. The van der Waals surface area contributed by atoms with E-state index in [4.69, 9.17) is 0 Å². The molecule has 0 unspecified atom stereocenters. The lowest BCUT2D eigenvalue weighted by Gasteiger charge is -2.00. The van der Waals surface area contributed by atoms with Crippen LogP contribution in [0, 0.1) is 0 Å². The molecule has 0 saturated carbocycles. The van der Waals surface area contributed by atoms with E-state index < -0.39 is 0 Å². The van der Waals surface area contributed by atoms with Gasteiger partial charge in [-0.3, -0.25) is 9.13 Å². The Morgan fingerprint density at radius 2 is 2.07 bits per heavy atom. The van der Waals surface area contributed by atoms with Crippen LogP contribution in [0.4, 0.5) is 0 Å². The van der Waals surface area contributed by atoms with Gasteiger partial charge in [0.25, 0.3) is 0 Å². The number of hydrogen-bond donors (Lipinski definition) is 0. The number of hydrogen-bond acceptors (Lipinski definition) is 3. The fourth-order valence-electron chi connectivity index (χ4n) is 1.42. The van der Waals surface area contributed by atoms with E-state index in [-0.39, 0.29) is 5.69 Å². The van der Waals surface area contributed by atoms with E-state index in [1.165, 1.54) is 0 Å². The highest BCUT2D eigenvalue weighted by Gasteiger charge is 2.05. The highest BCUT2D eigenvalue weighted by molar-refractivity contribution is 4.90. The molecule has 0 atom stereocenters. The lowest BCUT2D eigenvalue weighted by molar-refractivity contribution is 0.636. The number of aromatic nitrogens is 5. The molecule has 2 aromatic rings. The van der Waals surface area contributed by atoms with Crippen LogP contribution in [-0.2, 0) is 20.1 Å². The van der Waals surface area contributed by atoms with Crippen molar-refractivity contribution in [2.24, 2.45) is 7.05 Å². The molecule has 0 N–H and O–H groups in total. The molecule has 2 rings (SSSR count). The van der Waals surface area contributed by atoms with Crippen molar-refractivity contribution in [3.05, 3.63) is 35.0 Å². The molecule has 2 aromatic heterocycles. The van der Waals surface area contributed by atoms with Crippen LogP contribution < -0.4 is 5.69 Å². The summed E-state index contributed by atoms with van der Waals surface area (Å²) in [6.45, 7) is 3.08. The van der Waals surface area contributed by atoms with E-state index in [1.807, 2.05) is 14.0 Å². The van der Waals surface area contributed by atoms with Gasteiger partial charge in [-0.15, -0.1) is 10.2 Å². The average Bonchev–Trinajstić information content (AvgIpc) is 2.77. The van der Waals surface area contributed by atoms with Crippen LogP contribution in [0.15, 0.2) is 23.5 Å². The van der Waals surface area contributed by atoms with Crippen molar-refractivity contribution in [3.63, 3.8) is 0 Å². The number of imidazole rings is 1. The number of nitrogens with zero attached hydrogens (tertiary/aromatic N) is 5. The lowest BCUT2D eigenvalue weighted by atomic mass is 10.6. The minimum Gasteiger partial charge on any atom is -0.319 e. The second kappa shape index (κ2) is 3.72. The van der Waals surface area contributed by atoms with Crippen LogP contribution in [0.1, 0.15) is 12.7 Å². The van der Waals surface area contributed by atoms with Crippen molar-refractivity contribution in [2.75, 3.05) is 0 Å². The fourth-order valence-corrected chi connectivity index (χ4v) is 1.42. The van der Waals surface area contributed by atoms with Crippen molar-refractivity contribution >= 4 is 0 Å². The van der Waals surface area contributed by atoms with Gasteiger partial charge >= 0.3 is 5.69 Å². The molecule has 0 aliphatic heterocycles.